The van der Waals surface area contributed by atoms with Crippen LogP contribution < -0.4 is 11.1 Å². The standard InChI is InChI=1S/C36H56BFN6O6/c1-10-23(3)36(8)30(25(5)40-20-22(2)19-34(6,49-9)29(37)24(4)31(45)35(7,38)32(46)47)44(33(48)50-36)17-12-11-16-43-21-28(41-42-43)26-14-13-15-27(39)18-26/h13-15,18,21-25,29-30,40H,10-12,16-17,19-20,39H2,1-9H3,(H,46,47)/t22-,23-,24-,25-,29-,30-,34-,35+,36-/m1/s1. The van der Waals surface area contributed by atoms with Crippen molar-refractivity contribution in [1.29, 1.82) is 0 Å². The number of nitrogen functional groups attached to an aromatic ring is 1. The van der Waals surface area contributed by atoms with E-state index in [0.29, 0.717) is 31.7 Å². The first-order valence-corrected chi connectivity index (χ1v) is 17.6. The molecule has 0 spiro atoms. The minimum absolute atomic E-state index is 0.0202. The Morgan fingerprint density at radius 3 is 2.48 bits per heavy atom. The Balaban J connectivity index is 1.65. The molecule has 3 rings (SSSR count). The average molecular weight is 699 g/mol. The normalized spacial score (nSPS) is 23.3. The number of amides is 1. The maximum atomic E-state index is 14.7. The number of ketones is 1. The lowest BCUT2D eigenvalue weighted by Crippen LogP contribution is -2.58. The fourth-order valence-electron chi connectivity index (χ4n) is 7.16. The number of hydrogen-bond acceptors (Lipinski definition) is 9. The molecule has 50 heavy (non-hydrogen) atoms. The number of anilines is 1. The molecule has 276 valence electrons. The number of methoxy groups -OCH3 is 1. The molecule has 1 saturated heterocycles. The van der Waals surface area contributed by atoms with Crippen molar-refractivity contribution in [2.24, 2.45) is 17.8 Å². The zero-order valence-electron chi connectivity index (χ0n) is 31.1. The number of rotatable bonds is 20. The number of nitrogens with two attached hydrogens (primary N) is 1. The Kier molecular flexibility index (Phi) is 13.6. The quantitative estimate of drug-likeness (QED) is 0.0715. The molecule has 1 aliphatic heterocycles. The van der Waals surface area contributed by atoms with Gasteiger partial charge in [-0.3, -0.25) is 14.4 Å². The number of aromatic nitrogens is 3. The number of carbonyl (C=O) groups is 3. The number of benzene rings is 1. The van der Waals surface area contributed by atoms with E-state index in [4.69, 9.17) is 23.1 Å². The molecule has 0 saturated carbocycles. The summed E-state index contributed by atoms with van der Waals surface area (Å²) in [4.78, 5) is 39.3. The predicted octanol–water partition coefficient (Wildman–Crippen LogP) is 5.32. The van der Waals surface area contributed by atoms with E-state index in [-0.39, 0.29) is 30.0 Å². The van der Waals surface area contributed by atoms with Gasteiger partial charge in [-0.05, 0) is 89.7 Å². The SMILES string of the molecule is [B][C@H]([C@@H](C)C(=O)[C@](C)(F)C(=O)O)[C@@](C)(C[C@@H](C)CN[C@H](C)[C@H]1N(CCCCn2cc(-c3cccc(N)c3)nn2)C(=O)O[C@]1(C)[C@H](C)CC)OC. The van der Waals surface area contributed by atoms with Crippen LogP contribution in [-0.4, -0.2) is 99.8 Å². The molecule has 1 aromatic carbocycles. The van der Waals surface area contributed by atoms with Crippen LogP contribution in [-0.2, 0) is 25.6 Å². The third kappa shape index (κ3) is 9.04. The number of Topliss-reactive ketones (excluding diaryl/α,β-unsaturated/α-hetero) is 1. The monoisotopic (exact) mass is 698 g/mol. The third-order valence-corrected chi connectivity index (χ3v) is 10.8. The number of nitrogens with zero attached hydrogens (tertiary/aromatic N) is 4. The minimum atomic E-state index is -3.05. The summed E-state index contributed by atoms with van der Waals surface area (Å²) in [5, 5.41) is 21.4. The number of carbonyl (C=O) groups excluding carboxylic acids is 2. The van der Waals surface area contributed by atoms with Crippen molar-refractivity contribution in [3.05, 3.63) is 30.5 Å². The van der Waals surface area contributed by atoms with E-state index < -0.39 is 40.4 Å². The first-order chi connectivity index (χ1) is 23.3. The number of unbranched alkanes of at least 4 members (excludes halogenated alkanes) is 1. The fraction of sp³-hybridized carbons (Fsp3) is 0.694. The third-order valence-electron chi connectivity index (χ3n) is 10.8. The summed E-state index contributed by atoms with van der Waals surface area (Å²) in [6.45, 7) is 15.9. The number of carboxylic acid groups (broad SMARTS) is 1. The van der Waals surface area contributed by atoms with E-state index in [2.05, 4.69) is 36.4 Å². The highest BCUT2D eigenvalue weighted by atomic mass is 19.1. The van der Waals surface area contributed by atoms with E-state index in [1.54, 1.807) is 11.6 Å². The molecule has 2 heterocycles. The smallest absolute Gasteiger partial charge is 0.410 e. The number of carboxylic acids is 1. The lowest BCUT2D eigenvalue weighted by Gasteiger charge is -2.42. The van der Waals surface area contributed by atoms with Gasteiger partial charge in [-0.15, -0.1) is 5.10 Å². The van der Waals surface area contributed by atoms with Gasteiger partial charge in [0.1, 0.15) is 11.3 Å². The van der Waals surface area contributed by atoms with Crippen LogP contribution in [0.1, 0.15) is 81.1 Å². The second kappa shape index (κ2) is 16.7. The Hall–Kier alpha value is -3.52. The first kappa shape index (κ1) is 40.9. The van der Waals surface area contributed by atoms with E-state index >= 15 is 0 Å². The van der Waals surface area contributed by atoms with Gasteiger partial charge in [0, 0.05) is 43.4 Å². The maximum absolute atomic E-state index is 14.7. The summed E-state index contributed by atoms with van der Waals surface area (Å²) in [5.41, 5.74) is 3.41. The van der Waals surface area contributed by atoms with Gasteiger partial charge in [0.05, 0.1) is 25.7 Å². The number of nitrogens with one attached hydrogen (secondary N) is 1. The van der Waals surface area contributed by atoms with E-state index in [0.717, 1.165) is 37.4 Å². The van der Waals surface area contributed by atoms with Crippen molar-refractivity contribution in [1.82, 2.24) is 25.2 Å². The van der Waals surface area contributed by atoms with Crippen LogP contribution in [0.15, 0.2) is 30.5 Å². The number of halogens is 1. The van der Waals surface area contributed by atoms with Gasteiger partial charge in [-0.1, -0.05) is 45.0 Å². The van der Waals surface area contributed by atoms with E-state index in [1.807, 2.05) is 49.2 Å². The van der Waals surface area contributed by atoms with Gasteiger partial charge >= 0.3 is 12.1 Å². The molecule has 12 nitrogen and oxygen atoms in total. The number of aryl methyl sites for hydroxylation is 1. The molecular formula is C36H56BFN6O6. The van der Waals surface area contributed by atoms with Crippen LogP contribution in [0, 0.1) is 17.8 Å². The van der Waals surface area contributed by atoms with Crippen LogP contribution in [0.4, 0.5) is 14.9 Å². The molecule has 1 aliphatic rings. The Morgan fingerprint density at radius 2 is 1.88 bits per heavy atom. The second-order valence-electron chi connectivity index (χ2n) is 14.7. The summed E-state index contributed by atoms with van der Waals surface area (Å²) >= 11 is 0. The zero-order valence-corrected chi connectivity index (χ0v) is 31.1. The van der Waals surface area contributed by atoms with Crippen molar-refractivity contribution in [3.63, 3.8) is 0 Å². The Labute approximate surface area is 297 Å². The summed E-state index contributed by atoms with van der Waals surface area (Å²) in [6, 6.07) is 7.11. The van der Waals surface area contributed by atoms with E-state index in [9.17, 15) is 23.9 Å². The molecular weight excluding hydrogens is 642 g/mol. The van der Waals surface area contributed by atoms with Crippen molar-refractivity contribution in [2.45, 2.75) is 122 Å². The summed E-state index contributed by atoms with van der Waals surface area (Å²) < 4.78 is 28.4. The van der Waals surface area contributed by atoms with Crippen molar-refractivity contribution < 1.29 is 33.4 Å². The van der Waals surface area contributed by atoms with Gasteiger partial charge in [-0.2, -0.15) is 0 Å². The summed E-state index contributed by atoms with van der Waals surface area (Å²) in [7, 11) is 7.93. The fourth-order valence-corrected chi connectivity index (χ4v) is 7.16. The molecule has 14 heteroatoms. The number of hydrogen-bond donors (Lipinski definition) is 3. The molecule has 0 unspecified atom stereocenters. The lowest BCUT2D eigenvalue weighted by atomic mass is 9.62. The highest BCUT2D eigenvalue weighted by molar-refractivity contribution is 6.17. The molecule has 1 fully saturated rings. The predicted molar refractivity (Wildman–Crippen MR) is 191 cm³/mol. The van der Waals surface area contributed by atoms with Gasteiger partial charge < -0.3 is 25.6 Å². The molecule has 0 aliphatic carbocycles. The first-order valence-electron chi connectivity index (χ1n) is 17.6. The molecule has 2 radical (unpaired) electrons. The summed E-state index contributed by atoms with van der Waals surface area (Å²) in [6.07, 6.45) is 4.32. The zero-order chi connectivity index (χ0) is 37.6. The summed E-state index contributed by atoms with van der Waals surface area (Å²) in [5.74, 6) is -4.93. The topological polar surface area (TPSA) is 162 Å². The van der Waals surface area contributed by atoms with Gasteiger partial charge in [0.2, 0.25) is 0 Å². The van der Waals surface area contributed by atoms with Crippen molar-refractivity contribution in [3.8, 4) is 11.3 Å². The van der Waals surface area contributed by atoms with E-state index in [1.165, 1.54) is 14.0 Å². The molecule has 2 aromatic rings. The average Bonchev–Trinajstić information content (AvgIpc) is 3.65. The molecule has 0 bridgehead atoms. The highest BCUT2D eigenvalue weighted by Gasteiger charge is 2.55. The Morgan fingerprint density at radius 1 is 1.22 bits per heavy atom. The van der Waals surface area contributed by atoms with Gasteiger partial charge in [0.25, 0.3) is 5.67 Å². The molecule has 4 N–H and O–H groups in total. The number of cyclic esters (lactones) is 1. The molecule has 9 atom stereocenters. The Bertz CT molecular complexity index is 1480. The highest BCUT2D eigenvalue weighted by Crippen LogP contribution is 2.41. The van der Waals surface area contributed by atoms with Crippen molar-refractivity contribution in [2.75, 3.05) is 25.9 Å². The molecule has 1 aromatic heterocycles. The van der Waals surface area contributed by atoms with Crippen molar-refractivity contribution >= 4 is 31.4 Å². The maximum Gasteiger partial charge on any atom is 0.410 e. The van der Waals surface area contributed by atoms with Gasteiger partial charge in [0.15, 0.2) is 5.78 Å². The number of aliphatic carboxylic acids is 1. The number of alkyl halides is 1. The number of ether oxygens (including phenoxy) is 2. The van der Waals surface area contributed by atoms with Crippen LogP contribution in [0.2, 0.25) is 5.82 Å². The second-order valence-corrected chi connectivity index (χ2v) is 14.7. The van der Waals surface area contributed by atoms with Crippen LogP contribution in [0.5, 0.6) is 0 Å². The van der Waals surface area contributed by atoms with Crippen LogP contribution in [0.25, 0.3) is 11.3 Å². The molecule has 1 amide bonds. The van der Waals surface area contributed by atoms with Crippen LogP contribution >= 0.6 is 0 Å². The lowest BCUT2D eigenvalue weighted by molar-refractivity contribution is -0.158. The van der Waals surface area contributed by atoms with Gasteiger partial charge in [-0.25, -0.2) is 14.0 Å². The minimum Gasteiger partial charge on any atom is -0.479 e. The largest absolute Gasteiger partial charge is 0.479 e. The van der Waals surface area contributed by atoms with Crippen LogP contribution in [0.3, 0.4) is 0 Å².